The van der Waals surface area contributed by atoms with Gasteiger partial charge in [-0.25, -0.2) is 0 Å². The third-order valence-corrected chi connectivity index (χ3v) is 3.57. The quantitative estimate of drug-likeness (QED) is 0.855. The fraction of sp³-hybridized carbons (Fsp3) is 0.667. The predicted octanol–water partition coefficient (Wildman–Crippen LogP) is 0.394. The van der Waals surface area contributed by atoms with E-state index >= 15 is 0 Å². The number of carbonyl (C=O) groups excluding carboxylic acids is 2. The lowest BCUT2D eigenvalue weighted by atomic mass is 9.92. The number of amides is 2. The van der Waals surface area contributed by atoms with E-state index in [1.54, 1.807) is 20.8 Å². The molecule has 2 atom stereocenters. The molecule has 7 heteroatoms. The minimum atomic E-state index is -0.859. The van der Waals surface area contributed by atoms with Gasteiger partial charge in [0.25, 0.3) is 0 Å². The molecule has 1 fully saturated rings. The van der Waals surface area contributed by atoms with E-state index in [2.05, 4.69) is 15.5 Å². The third-order valence-electron chi connectivity index (χ3n) is 3.57. The number of nitrogens with one attached hydrogen (secondary N) is 1. The van der Waals surface area contributed by atoms with Crippen LogP contribution in [0.1, 0.15) is 38.9 Å². The van der Waals surface area contributed by atoms with Gasteiger partial charge in [0.2, 0.25) is 17.7 Å². The van der Waals surface area contributed by atoms with E-state index in [9.17, 15) is 9.59 Å². The van der Waals surface area contributed by atoms with Crippen LogP contribution in [0.15, 0.2) is 4.52 Å². The largest absolute Gasteiger partial charge is 0.340 e. The van der Waals surface area contributed by atoms with E-state index < -0.39 is 11.6 Å². The van der Waals surface area contributed by atoms with Crippen LogP contribution in [0.5, 0.6) is 0 Å². The summed E-state index contributed by atoms with van der Waals surface area (Å²) in [6.45, 7) is 7.15. The zero-order valence-electron chi connectivity index (χ0n) is 11.6. The Kier molecular flexibility index (Phi) is 3.30. The van der Waals surface area contributed by atoms with Gasteiger partial charge in [-0.15, -0.1) is 0 Å². The Morgan fingerprint density at radius 3 is 2.68 bits per heavy atom. The predicted molar refractivity (Wildman–Crippen MR) is 65.9 cm³/mol. The fourth-order valence-corrected chi connectivity index (χ4v) is 2.07. The van der Waals surface area contributed by atoms with Gasteiger partial charge in [0.15, 0.2) is 5.82 Å². The molecular weight excluding hydrogens is 248 g/mol. The number of piperazine rings is 1. The van der Waals surface area contributed by atoms with Gasteiger partial charge < -0.3 is 14.7 Å². The highest BCUT2D eigenvalue weighted by atomic mass is 16.5. The molecule has 0 aliphatic carbocycles. The number of aryl methyl sites for hydroxylation is 1. The average molecular weight is 266 g/mol. The summed E-state index contributed by atoms with van der Waals surface area (Å²) < 4.78 is 4.88. The second-order valence-corrected chi connectivity index (χ2v) is 5.01. The number of hydrogen-bond acceptors (Lipinski definition) is 5. The standard InChI is InChI=1S/C12H18N4O3/c1-5-12(4)11(18)16(7(2)10(17)14-12)6-9-13-8(3)19-15-9/h7H,5-6H2,1-4H3,(H,14,17). The zero-order valence-corrected chi connectivity index (χ0v) is 11.6. The van der Waals surface area contributed by atoms with Crippen molar-refractivity contribution < 1.29 is 14.1 Å². The van der Waals surface area contributed by atoms with Crippen molar-refractivity contribution in [2.45, 2.75) is 52.2 Å². The molecule has 2 amide bonds. The highest BCUT2D eigenvalue weighted by Gasteiger charge is 2.45. The lowest BCUT2D eigenvalue weighted by Crippen LogP contribution is -2.68. The summed E-state index contributed by atoms with van der Waals surface area (Å²) in [6, 6.07) is -0.536. The van der Waals surface area contributed by atoms with Gasteiger partial charge in [0.1, 0.15) is 11.6 Å². The second kappa shape index (κ2) is 4.64. The molecule has 1 N–H and O–H groups in total. The van der Waals surface area contributed by atoms with E-state index in [-0.39, 0.29) is 18.4 Å². The van der Waals surface area contributed by atoms with Crippen LogP contribution in [0.25, 0.3) is 0 Å². The molecule has 1 aromatic heterocycles. The molecule has 7 nitrogen and oxygen atoms in total. The first kappa shape index (κ1) is 13.5. The van der Waals surface area contributed by atoms with Crippen LogP contribution in [0.4, 0.5) is 0 Å². The van der Waals surface area contributed by atoms with Gasteiger partial charge in [-0.3, -0.25) is 9.59 Å². The molecule has 19 heavy (non-hydrogen) atoms. The molecule has 1 saturated heterocycles. The summed E-state index contributed by atoms with van der Waals surface area (Å²) in [5, 5.41) is 6.53. The Morgan fingerprint density at radius 1 is 1.47 bits per heavy atom. The second-order valence-electron chi connectivity index (χ2n) is 5.01. The van der Waals surface area contributed by atoms with Crippen molar-refractivity contribution in [1.82, 2.24) is 20.4 Å². The maximum Gasteiger partial charge on any atom is 0.249 e. The lowest BCUT2D eigenvalue weighted by molar-refractivity contribution is -0.154. The van der Waals surface area contributed by atoms with Gasteiger partial charge in [0.05, 0.1) is 6.54 Å². The maximum atomic E-state index is 12.5. The van der Waals surface area contributed by atoms with Crippen LogP contribution >= 0.6 is 0 Å². The molecule has 2 rings (SSSR count). The van der Waals surface area contributed by atoms with Crippen molar-refractivity contribution in [3.8, 4) is 0 Å². The minimum Gasteiger partial charge on any atom is -0.340 e. The SMILES string of the molecule is CCC1(C)NC(=O)C(C)N(Cc2noc(C)n2)C1=O. The summed E-state index contributed by atoms with van der Waals surface area (Å²) in [4.78, 5) is 30.0. The normalized spacial score (nSPS) is 27.6. The molecule has 1 aliphatic rings. The topological polar surface area (TPSA) is 88.3 Å². The van der Waals surface area contributed by atoms with Crippen LogP contribution < -0.4 is 5.32 Å². The zero-order chi connectivity index (χ0) is 14.2. The first-order valence-corrected chi connectivity index (χ1v) is 6.29. The molecular formula is C12H18N4O3. The number of aromatic nitrogens is 2. The van der Waals surface area contributed by atoms with Crippen molar-refractivity contribution in [2.75, 3.05) is 0 Å². The van der Waals surface area contributed by atoms with Crippen LogP contribution in [0, 0.1) is 6.92 Å². The van der Waals surface area contributed by atoms with Gasteiger partial charge in [-0.1, -0.05) is 12.1 Å². The van der Waals surface area contributed by atoms with E-state index in [0.717, 1.165) is 0 Å². The Hall–Kier alpha value is -1.92. The minimum absolute atomic E-state index is 0.121. The van der Waals surface area contributed by atoms with Gasteiger partial charge in [-0.2, -0.15) is 4.98 Å². The van der Waals surface area contributed by atoms with E-state index in [1.165, 1.54) is 4.90 Å². The summed E-state index contributed by atoms with van der Waals surface area (Å²) in [7, 11) is 0. The molecule has 0 saturated carbocycles. The molecule has 0 radical (unpaired) electrons. The summed E-state index contributed by atoms with van der Waals surface area (Å²) in [5.74, 6) is 0.564. The summed E-state index contributed by atoms with van der Waals surface area (Å²) in [6.07, 6.45) is 0.534. The summed E-state index contributed by atoms with van der Waals surface area (Å²) in [5.41, 5.74) is -0.859. The van der Waals surface area contributed by atoms with Crippen molar-refractivity contribution in [3.05, 3.63) is 11.7 Å². The Morgan fingerprint density at radius 2 is 2.16 bits per heavy atom. The number of hydrogen-bond donors (Lipinski definition) is 1. The van der Waals surface area contributed by atoms with Crippen molar-refractivity contribution >= 4 is 11.8 Å². The summed E-state index contributed by atoms with van der Waals surface area (Å²) >= 11 is 0. The molecule has 1 aromatic rings. The van der Waals surface area contributed by atoms with Crippen LogP contribution in [0.2, 0.25) is 0 Å². The third kappa shape index (κ3) is 2.32. The molecule has 2 heterocycles. The van der Waals surface area contributed by atoms with Crippen molar-refractivity contribution in [2.24, 2.45) is 0 Å². The molecule has 2 unspecified atom stereocenters. The average Bonchev–Trinajstić information content (AvgIpc) is 2.78. The van der Waals surface area contributed by atoms with Crippen molar-refractivity contribution in [1.29, 1.82) is 0 Å². The lowest BCUT2D eigenvalue weighted by Gasteiger charge is -2.42. The fourth-order valence-electron chi connectivity index (χ4n) is 2.07. The van der Waals surface area contributed by atoms with E-state index in [4.69, 9.17) is 4.52 Å². The number of rotatable bonds is 3. The highest BCUT2D eigenvalue weighted by Crippen LogP contribution is 2.22. The number of carbonyl (C=O) groups is 2. The van der Waals surface area contributed by atoms with Crippen LogP contribution in [-0.2, 0) is 16.1 Å². The van der Waals surface area contributed by atoms with Crippen LogP contribution in [0.3, 0.4) is 0 Å². The highest BCUT2D eigenvalue weighted by molar-refractivity contribution is 5.99. The Labute approximate surface area is 111 Å². The van der Waals surface area contributed by atoms with E-state index in [0.29, 0.717) is 18.1 Å². The Balaban J connectivity index is 2.25. The Bertz CT molecular complexity index is 513. The molecule has 0 aromatic carbocycles. The first-order chi connectivity index (χ1) is 8.87. The molecule has 104 valence electrons. The smallest absolute Gasteiger partial charge is 0.249 e. The monoisotopic (exact) mass is 266 g/mol. The molecule has 0 bridgehead atoms. The van der Waals surface area contributed by atoms with Gasteiger partial charge in [-0.05, 0) is 20.3 Å². The van der Waals surface area contributed by atoms with Gasteiger partial charge in [0, 0.05) is 6.92 Å². The van der Waals surface area contributed by atoms with E-state index in [1.807, 2.05) is 6.92 Å². The molecule has 0 spiro atoms. The van der Waals surface area contributed by atoms with Crippen molar-refractivity contribution in [3.63, 3.8) is 0 Å². The van der Waals surface area contributed by atoms with Gasteiger partial charge >= 0.3 is 0 Å². The van der Waals surface area contributed by atoms with Crippen LogP contribution in [-0.4, -0.2) is 38.4 Å². The first-order valence-electron chi connectivity index (χ1n) is 6.29. The molecule has 1 aliphatic heterocycles. The maximum absolute atomic E-state index is 12.5. The number of nitrogens with zero attached hydrogens (tertiary/aromatic N) is 3.